The van der Waals surface area contributed by atoms with Crippen molar-refractivity contribution < 1.29 is 29.3 Å². The summed E-state index contributed by atoms with van der Waals surface area (Å²) < 4.78 is 12.2. The minimum atomic E-state index is -1.26. The molecule has 0 aliphatic heterocycles. The van der Waals surface area contributed by atoms with Gasteiger partial charge in [-0.3, -0.25) is 0 Å². The van der Waals surface area contributed by atoms with Crippen LogP contribution in [-0.2, 0) is 9.59 Å². The van der Waals surface area contributed by atoms with Gasteiger partial charge in [0.15, 0.2) is 0 Å². The lowest BCUT2D eigenvalue weighted by Crippen LogP contribution is -2.10. The van der Waals surface area contributed by atoms with Gasteiger partial charge in [0.2, 0.25) is 0 Å². The number of benzene rings is 7. The molecule has 0 aliphatic carbocycles. The zero-order chi connectivity index (χ0) is 55.3. The van der Waals surface area contributed by atoms with Crippen molar-refractivity contribution in [2.75, 3.05) is 23.0 Å². The number of nitrogens with zero attached hydrogens (tertiary/aromatic N) is 4. The first-order valence-corrected chi connectivity index (χ1v) is 27.5. The lowest BCUT2D eigenvalue weighted by atomic mass is 10.0. The van der Waals surface area contributed by atoms with Gasteiger partial charge in [-0.2, -0.15) is 10.5 Å². The number of hydrogen-bond donors (Lipinski definition) is 2. The van der Waals surface area contributed by atoms with Crippen molar-refractivity contribution in [1.29, 1.82) is 10.5 Å². The van der Waals surface area contributed by atoms with Gasteiger partial charge in [0, 0.05) is 43.9 Å². The monoisotopic (exact) mass is 1060 g/mol. The highest BCUT2D eigenvalue weighted by atomic mass is 32.1. The number of carbonyl (C=O) groups is 2. The van der Waals surface area contributed by atoms with E-state index < -0.39 is 11.9 Å². The van der Waals surface area contributed by atoms with Crippen LogP contribution in [0.4, 0.5) is 34.1 Å². The Morgan fingerprint density at radius 2 is 0.797 bits per heavy atom. The summed E-state index contributed by atoms with van der Waals surface area (Å²) in [4.78, 5) is 28.9. The smallest absolute Gasteiger partial charge is 0.346 e. The Balaban J connectivity index is 1.02. The summed E-state index contributed by atoms with van der Waals surface area (Å²) in [5.41, 5.74) is 10.8. The second-order valence-corrected chi connectivity index (χ2v) is 20.0. The van der Waals surface area contributed by atoms with Gasteiger partial charge in [0.1, 0.15) is 34.8 Å². The molecule has 0 aliphatic rings. The van der Waals surface area contributed by atoms with Crippen molar-refractivity contribution in [2.45, 2.75) is 65.2 Å². The maximum atomic E-state index is 11.5. The minimum absolute atomic E-state index is 0.306. The Kier molecular flexibility index (Phi) is 19.8. The van der Waals surface area contributed by atoms with E-state index in [4.69, 9.17) is 9.47 Å². The summed E-state index contributed by atoms with van der Waals surface area (Å²) in [6, 6.07) is 64.7. The summed E-state index contributed by atoms with van der Waals surface area (Å²) in [7, 11) is 0. The third kappa shape index (κ3) is 15.4. The molecule has 0 amide bonds. The molecule has 0 radical (unpaired) electrons. The van der Waals surface area contributed by atoms with Crippen molar-refractivity contribution in [3.05, 3.63) is 215 Å². The summed E-state index contributed by atoms with van der Waals surface area (Å²) >= 11 is 1.43. The quantitative estimate of drug-likeness (QED) is 0.0232. The number of thiophene rings is 1. The molecular weight excluding hydrogens is 1000 g/mol. The molecule has 0 bridgehead atoms. The molecule has 8 aromatic rings. The number of unbranched alkanes of at least 4 members (excludes halogenated alkanes) is 6. The molecule has 0 atom stereocenters. The highest BCUT2D eigenvalue weighted by Gasteiger charge is 2.17. The summed E-state index contributed by atoms with van der Waals surface area (Å²) in [6.07, 6.45) is 16.1. The van der Waals surface area contributed by atoms with Crippen LogP contribution in [0.2, 0.25) is 0 Å². The summed E-state index contributed by atoms with van der Waals surface area (Å²) in [5, 5.41) is 37.1. The van der Waals surface area contributed by atoms with E-state index >= 15 is 0 Å². The van der Waals surface area contributed by atoms with Gasteiger partial charge in [-0.25, -0.2) is 9.59 Å². The first-order chi connectivity index (χ1) is 38.6. The van der Waals surface area contributed by atoms with Crippen molar-refractivity contribution in [3.63, 3.8) is 0 Å². The molecule has 1 aromatic heterocycles. The third-order valence-electron chi connectivity index (χ3n) is 13.2. The number of anilines is 6. The van der Waals surface area contributed by atoms with Crippen LogP contribution in [0.5, 0.6) is 11.5 Å². The number of ether oxygens (including phenoxy) is 2. The van der Waals surface area contributed by atoms with Crippen LogP contribution in [0.15, 0.2) is 193 Å². The van der Waals surface area contributed by atoms with E-state index in [1.807, 2.05) is 60.7 Å². The van der Waals surface area contributed by atoms with Crippen LogP contribution in [0.25, 0.3) is 45.9 Å². The number of rotatable bonds is 26. The molecule has 1 heterocycles. The van der Waals surface area contributed by atoms with Crippen LogP contribution in [-0.4, -0.2) is 35.4 Å². The van der Waals surface area contributed by atoms with Crippen molar-refractivity contribution in [2.24, 2.45) is 0 Å². The standard InChI is InChI=1S/C68H62N4O6S/c1-3-5-7-9-43-77-63-37-33-61(34-38-63)71(59-29-21-53(22-30-59)52-19-13-51(14-20-52)45-55(47-69)67(73)74)57-25-15-49(16-26-57)11-12-50-17-27-58(28-18-50)72(62-35-39-64(40-36-62)78-44-10-8-6-4-2)60-31-23-54(24-32-60)66-42-41-65(79-66)46-56(48-70)68(75)76/h11-42,45-46H,3-10,43-44H2,1-2H3,(H,73,74)(H,75,76)/b12-11+,55-45-,56-46-. The van der Waals surface area contributed by atoms with E-state index in [0.717, 1.165) is 104 Å². The maximum absolute atomic E-state index is 11.5. The minimum Gasteiger partial charge on any atom is -0.494 e. The average Bonchev–Trinajstić information content (AvgIpc) is 4.01. The zero-order valence-electron chi connectivity index (χ0n) is 44.4. The molecule has 7 aromatic carbocycles. The number of nitriles is 2. The van der Waals surface area contributed by atoms with Gasteiger partial charge in [0.25, 0.3) is 0 Å². The van der Waals surface area contributed by atoms with Gasteiger partial charge in [-0.1, -0.05) is 137 Å². The normalized spacial score (nSPS) is 11.4. The van der Waals surface area contributed by atoms with E-state index in [2.05, 4.69) is 157 Å². The molecule has 2 N–H and O–H groups in total. The van der Waals surface area contributed by atoms with Crippen LogP contribution in [0.3, 0.4) is 0 Å². The van der Waals surface area contributed by atoms with Crippen LogP contribution >= 0.6 is 11.3 Å². The van der Waals surface area contributed by atoms with Crippen LogP contribution in [0.1, 0.15) is 86.8 Å². The highest BCUT2D eigenvalue weighted by Crippen LogP contribution is 2.40. The first kappa shape index (κ1) is 55.8. The van der Waals surface area contributed by atoms with Gasteiger partial charge >= 0.3 is 11.9 Å². The molecule has 11 heteroatoms. The Morgan fingerprint density at radius 1 is 0.443 bits per heavy atom. The molecule has 0 saturated carbocycles. The van der Waals surface area contributed by atoms with E-state index in [9.17, 15) is 30.3 Å². The largest absolute Gasteiger partial charge is 0.494 e. The van der Waals surface area contributed by atoms with E-state index in [1.165, 1.54) is 49.2 Å². The van der Waals surface area contributed by atoms with Crippen molar-refractivity contribution in [1.82, 2.24) is 0 Å². The SMILES string of the molecule is CCCCCCOc1ccc(N(c2ccc(/C=C/c3ccc(N(c4ccc(OCCCCCC)cc4)c4ccc(-c5ccc(/C=C(/C#N)C(=O)O)s5)cc4)cc3)cc2)c2ccc(-c3ccc(/C=C(/C#N)C(=O)O)cc3)cc2)cc1. The van der Waals surface area contributed by atoms with E-state index in [-0.39, 0.29) is 11.1 Å². The van der Waals surface area contributed by atoms with Crippen molar-refractivity contribution >= 4 is 81.7 Å². The number of carboxylic acid groups (broad SMARTS) is 2. The lowest BCUT2D eigenvalue weighted by Gasteiger charge is -2.26. The molecule has 79 heavy (non-hydrogen) atoms. The van der Waals surface area contributed by atoms with Gasteiger partial charge in [-0.05, 0) is 168 Å². The molecule has 10 nitrogen and oxygen atoms in total. The fourth-order valence-electron chi connectivity index (χ4n) is 8.90. The van der Waals surface area contributed by atoms with Crippen LogP contribution < -0.4 is 19.3 Å². The lowest BCUT2D eigenvalue weighted by molar-refractivity contribution is -0.133. The van der Waals surface area contributed by atoms with Gasteiger partial charge < -0.3 is 29.5 Å². The topological polar surface area (TPSA) is 147 Å². The molecule has 0 fully saturated rings. The zero-order valence-corrected chi connectivity index (χ0v) is 45.2. The number of aliphatic carboxylic acids is 2. The molecule has 8 rings (SSSR count). The third-order valence-corrected chi connectivity index (χ3v) is 14.3. The predicted octanol–water partition coefficient (Wildman–Crippen LogP) is 18.1. The van der Waals surface area contributed by atoms with Gasteiger partial charge in [-0.15, -0.1) is 11.3 Å². The Hall–Kier alpha value is -9.42. The second-order valence-electron chi connectivity index (χ2n) is 18.9. The summed E-state index contributed by atoms with van der Waals surface area (Å²) in [5.74, 6) is -0.843. The van der Waals surface area contributed by atoms with Gasteiger partial charge in [0.05, 0.1) is 13.2 Å². The highest BCUT2D eigenvalue weighted by molar-refractivity contribution is 7.16. The molecular formula is C68H62N4O6S. The molecule has 0 spiro atoms. The Labute approximate surface area is 467 Å². The first-order valence-electron chi connectivity index (χ1n) is 26.7. The fraction of sp³-hybridized carbons (Fsp3) is 0.176. The van der Waals surface area contributed by atoms with E-state index in [0.29, 0.717) is 23.7 Å². The van der Waals surface area contributed by atoms with E-state index in [1.54, 1.807) is 12.1 Å². The number of hydrogen-bond acceptors (Lipinski definition) is 9. The molecule has 396 valence electrons. The molecule has 0 saturated heterocycles. The van der Waals surface area contributed by atoms with Crippen molar-refractivity contribution in [3.8, 4) is 45.2 Å². The van der Waals surface area contributed by atoms with Crippen LogP contribution in [0, 0.1) is 22.7 Å². The molecule has 0 unspecified atom stereocenters. The predicted molar refractivity (Wildman–Crippen MR) is 322 cm³/mol. The second kappa shape index (κ2) is 28.1. The fourth-order valence-corrected chi connectivity index (χ4v) is 9.86. The number of carboxylic acids is 2. The Morgan fingerprint density at radius 3 is 1.19 bits per heavy atom. The summed E-state index contributed by atoms with van der Waals surface area (Å²) in [6.45, 7) is 5.77. The average molecular weight is 1060 g/mol. The Bertz CT molecular complexity index is 3460. The maximum Gasteiger partial charge on any atom is 0.346 e.